The van der Waals surface area contributed by atoms with Crippen LogP contribution in [0.25, 0.3) is 0 Å². The molecule has 0 unspecified atom stereocenters. The van der Waals surface area contributed by atoms with Gasteiger partial charge in [0.25, 0.3) is 5.69 Å². The number of anilines is 1. The zero-order valence-electron chi connectivity index (χ0n) is 19.1. The first-order valence-corrected chi connectivity index (χ1v) is 11.5. The predicted octanol–water partition coefficient (Wildman–Crippen LogP) is 4.34. The Labute approximate surface area is 198 Å². The molecule has 0 radical (unpaired) electrons. The molecule has 9 heteroatoms. The van der Waals surface area contributed by atoms with Gasteiger partial charge in [-0.25, -0.2) is 4.98 Å². The smallest absolute Gasteiger partial charge is 0.269 e. The van der Waals surface area contributed by atoms with Crippen molar-refractivity contribution in [2.75, 3.05) is 31.6 Å². The standard InChI is InChI=1S/C25H27N5O4/c1-33-20-5-4-6-21(15-20)34-24-22-17-28(16-18-7-9-19(10-8-18)30(31)32)14-11-23(22)26-25(27-24)29-12-2-3-13-29/h4-10,15H,2-3,11-14,16-17H2,1H3. The molecule has 3 heterocycles. The van der Waals surface area contributed by atoms with Gasteiger partial charge >= 0.3 is 0 Å². The highest BCUT2D eigenvalue weighted by molar-refractivity contribution is 5.45. The number of fused-ring (bicyclic) bond motifs is 1. The Morgan fingerprint density at radius 2 is 1.79 bits per heavy atom. The van der Waals surface area contributed by atoms with E-state index in [-0.39, 0.29) is 10.6 Å². The van der Waals surface area contributed by atoms with E-state index in [1.54, 1.807) is 19.2 Å². The van der Waals surface area contributed by atoms with Crippen molar-refractivity contribution >= 4 is 11.6 Å². The molecule has 1 fully saturated rings. The molecular formula is C25H27N5O4. The molecule has 0 N–H and O–H groups in total. The van der Waals surface area contributed by atoms with Crippen LogP contribution in [0.1, 0.15) is 29.7 Å². The fourth-order valence-electron chi connectivity index (χ4n) is 4.46. The summed E-state index contributed by atoms with van der Waals surface area (Å²) in [6, 6.07) is 14.2. The van der Waals surface area contributed by atoms with E-state index in [9.17, 15) is 10.1 Å². The van der Waals surface area contributed by atoms with Gasteiger partial charge in [-0.05, 0) is 30.5 Å². The third kappa shape index (κ3) is 4.79. The zero-order valence-corrected chi connectivity index (χ0v) is 19.1. The molecule has 0 atom stereocenters. The Kier molecular flexibility index (Phi) is 6.27. The molecule has 3 aromatic rings. The Balaban J connectivity index is 1.42. The summed E-state index contributed by atoms with van der Waals surface area (Å²) >= 11 is 0. The Bertz CT molecular complexity index is 1180. The lowest BCUT2D eigenvalue weighted by Crippen LogP contribution is -2.32. The number of rotatable bonds is 7. The van der Waals surface area contributed by atoms with Crippen molar-refractivity contribution in [3.8, 4) is 17.4 Å². The topological polar surface area (TPSA) is 93.9 Å². The van der Waals surface area contributed by atoms with Gasteiger partial charge in [0.15, 0.2) is 0 Å². The SMILES string of the molecule is COc1cccc(Oc2nc(N3CCCC3)nc3c2CN(Cc2ccc([N+](=O)[O-])cc2)CC3)c1. The Morgan fingerprint density at radius 1 is 1.03 bits per heavy atom. The monoisotopic (exact) mass is 461 g/mol. The molecule has 2 aliphatic rings. The summed E-state index contributed by atoms with van der Waals surface area (Å²) in [6.45, 7) is 4.10. The number of hydrogen-bond acceptors (Lipinski definition) is 8. The third-order valence-electron chi connectivity index (χ3n) is 6.29. The van der Waals surface area contributed by atoms with E-state index in [0.29, 0.717) is 24.7 Å². The van der Waals surface area contributed by atoms with E-state index in [2.05, 4.69) is 9.80 Å². The van der Waals surface area contributed by atoms with Gasteiger partial charge in [-0.1, -0.05) is 18.2 Å². The second-order valence-corrected chi connectivity index (χ2v) is 8.61. The first-order chi connectivity index (χ1) is 16.6. The molecule has 1 saturated heterocycles. The summed E-state index contributed by atoms with van der Waals surface area (Å²) in [6.07, 6.45) is 3.09. The highest BCUT2D eigenvalue weighted by Crippen LogP contribution is 2.33. The maximum Gasteiger partial charge on any atom is 0.269 e. The number of nitro benzene ring substituents is 1. The molecule has 0 amide bonds. The van der Waals surface area contributed by atoms with E-state index in [1.165, 1.54) is 0 Å². The van der Waals surface area contributed by atoms with Gasteiger partial charge in [0.05, 0.1) is 23.3 Å². The van der Waals surface area contributed by atoms with Gasteiger partial charge < -0.3 is 14.4 Å². The molecule has 0 bridgehead atoms. The summed E-state index contributed by atoms with van der Waals surface area (Å²) in [4.78, 5) is 24.8. The van der Waals surface area contributed by atoms with Crippen molar-refractivity contribution in [3.63, 3.8) is 0 Å². The minimum Gasteiger partial charge on any atom is -0.497 e. The maximum absolute atomic E-state index is 10.9. The highest BCUT2D eigenvalue weighted by Gasteiger charge is 2.26. The second kappa shape index (κ2) is 9.64. The lowest BCUT2D eigenvalue weighted by Gasteiger charge is -2.30. The van der Waals surface area contributed by atoms with Gasteiger partial charge in [0, 0.05) is 57.3 Å². The minimum absolute atomic E-state index is 0.101. The summed E-state index contributed by atoms with van der Waals surface area (Å²) in [5.74, 6) is 2.70. The lowest BCUT2D eigenvalue weighted by molar-refractivity contribution is -0.384. The van der Waals surface area contributed by atoms with Crippen LogP contribution < -0.4 is 14.4 Å². The molecule has 176 valence electrons. The van der Waals surface area contributed by atoms with Crippen LogP contribution in [0.15, 0.2) is 48.5 Å². The largest absolute Gasteiger partial charge is 0.497 e. The number of methoxy groups -OCH3 is 1. The van der Waals surface area contributed by atoms with Gasteiger partial charge in [-0.2, -0.15) is 4.98 Å². The molecule has 0 spiro atoms. The van der Waals surface area contributed by atoms with E-state index < -0.39 is 0 Å². The van der Waals surface area contributed by atoms with Gasteiger partial charge in [0.2, 0.25) is 11.8 Å². The Hall–Kier alpha value is -3.72. The number of nitrogens with zero attached hydrogens (tertiary/aromatic N) is 5. The maximum atomic E-state index is 10.9. The fourth-order valence-corrected chi connectivity index (χ4v) is 4.46. The Morgan fingerprint density at radius 3 is 2.53 bits per heavy atom. The van der Waals surface area contributed by atoms with Crippen molar-refractivity contribution in [2.24, 2.45) is 0 Å². The number of non-ortho nitro benzene ring substituents is 1. The minimum atomic E-state index is -0.377. The van der Waals surface area contributed by atoms with Crippen LogP contribution in [0.3, 0.4) is 0 Å². The van der Waals surface area contributed by atoms with E-state index in [0.717, 1.165) is 67.4 Å². The molecule has 0 aliphatic carbocycles. The van der Waals surface area contributed by atoms with Gasteiger partial charge in [0.1, 0.15) is 11.5 Å². The molecule has 34 heavy (non-hydrogen) atoms. The van der Waals surface area contributed by atoms with Crippen LogP contribution >= 0.6 is 0 Å². The zero-order chi connectivity index (χ0) is 23.5. The van der Waals surface area contributed by atoms with Crippen LogP contribution in [-0.2, 0) is 19.5 Å². The first kappa shape index (κ1) is 22.1. The highest BCUT2D eigenvalue weighted by atomic mass is 16.6. The molecule has 2 aliphatic heterocycles. The normalized spacial score (nSPS) is 15.7. The van der Waals surface area contributed by atoms with Crippen molar-refractivity contribution < 1.29 is 14.4 Å². The average Bonchev–Trinajstić information content (AvgIpc) is 3.40. The van der Waals surface area contributed by atoms with Crippen LogP contribution in [0.2, 0.25) is 0 Å². The molecular weight excluding hydrogens is 434 g/mol. The summed E-state index contributed by atoms with van der Waals surface area (Å²) in [7, 11) is 1.63. The summed E-state index contributed by atoms with van der Waals surface area (Å²) in [5.41, 5.74) is 3.14. The van der Waals surface area contributed by atoms with E-state index in [4.69, 9.17) is 19.4 Å². The fraction of sp³-hybridized carbons (Fsp3) is 0.360. The molecule has 1 aromatic heterocycles. The number of ether oxygens (including phenoxy) is 2. The molecule has 9 nitrogen and oxygen atoms in total. The van der Waals surface area contributed by atoms with Crippen molar-refractivity contribution in [1.29, 1.82) is 0 Å². The van der Waals surface area contributed by atoms with E-state index in [1.807, 2.05) is 36.4 Å². The summed E-state index contributed by atoms with van der Waals surface area (Å²) < 4.78 is 11.6. The number of nitro groups is 1. The number of benzene rings is 2. The molecule has 5 rings (SSSR count). The quantitative estimate of drug-likeness (QED) is 0.379. The van der Waals surface area contributed by atoms with Crippen LogP contribution in [0.4, 0.5) is 11.6 Å². The summed E-state index contributed by atoms with van der Waals surface area (Å²) in [5, 5.41) is 10.9. The van der Waals surface area contributed by atoms with E-state index >= 15 is 0 Å². The van der Waals surface area contributed by atoms with Crippen molar-refractivity contribution in [2.45, 2.75) is 32.4 Å². The number of hydrogen-bond donors (Lipinski definition) is 0. The van der Waals surface area contributed by atoms with Crippen LogP contribution in [0.5, 0.6) is 17.4 Å². The molecule has 2 aromatic carbocycles. The van der Waals surface area contributed by atoms with Gasteiger partial charge in [-0.3, -0.25) is 15.0 Å². The predicted molar refractivity (Wildman–Crippen MR) is 127 cm³/mol. The number of aromatic nitrogens is 2. The van der Waals surface area contributed by atoms with Crippen molar-refractivity contribution in [1.82, 2.24) is 14.9 Å². The lowest BCUT2D eigenvalue weighted by atomic mass is 10.1. The van der Waals surface area contributed by atoms with Crippen LogP contribution in [0, 0.1) is 10.1 Å². The van der Waals surface area contributed by atoms with Crippen LogP contribution in [-0.4, -0.2) is 46.5 Å². The molecule has 0 saturated carbocycles. The second-order valence-electron chi connectivity index (χ2n) is 8.61. The first-order valence-electron chi connectivity index (χ1n) is 11.5. The third-order valence-corrected chi connectivity index (χ3v) is 6.29. The van der Waals surface area contributed by atoms with Gasteiger partial charge in [-0.15, -0.1) is 0 Å². The van der Waals surface area contributed by atoms with Crippen molar-refractivity contribution in [3.05, 3.63) is 75.5 Å². The average molecular weight is 462 g/mol.